The molecule has 0 unspecified atom stereocenters. The van der Waals surface area contributed by atoms with Crippen molar-refractivity contribution in [3.63, 3.8) is 0 Å². The molecule has 0 fully saturated rings. The van der Waals surface area contributed by atoms with E-state index in [1.807, 2.05) is 0 Å². The van der Waals surface area contributed by atoms with Crippen LogP contribution < -0.4 is 0 Å². The first-order chi connectivity index (χ1) is 7.41. The summed E-state index contributed by atoms with van der Waals surface area (Å²) in [5.74, 6) is 0. The van der Waals surface area contributed by atoms with Crippen LogP contribution in [0.3, 0.4) is 0 Å². The average Bonchev–Trinajstić information content (AvgIpc) is 2.26. The van der Waals surface area contributed by atoms with Crippen LogP contribution >= 0.6 is 0 Å². The summed E-state index contributed by atoms with van der Waals surface area (Å²) in [4.78, 5) is 0. The molecule has 15 heavy (non-hydrogen) atoms. The van der Waals surface area contributed by atoms with Gasteiger partial charge in [0.25, 0.3) is 0 Å². The number of rotatable bonds is 6. The Morgan fingerprint density at radius 2 is 1.07 bits per heavy atom. The summed E-state index contributed by atoms with van der Waals surface area (Å²) in [6, 6.07) is 0. The molecule has 0 radical (unpaired) electrons. The van der Waals surface area contributed by atoms with Gasteiger partial charge >= 0.3 is 81.6 Å². The summed E-state index contributed by atoms with van der Waals surface area (Å²) in [6.45, 7) is 0. The van der Waals surface area contributed by atoms with E-state index in [1.54, 1.807) is 0 Å². The van der Waals surface area contributed by atoms with E-state index in [9.17, 15) is 0 Å². The van der Waals surface area contributed by atoms with Crippen molar-refractivity contribution >= 4 is 9.21 Å². The van der Waals surface area contributed by atoms with E-state index in [0.29, 0.717) is 0 Å². The van der Waals surface area contributed by atoms with E-state index in [1.165, 1.54) is 0 Å². The van der Waals surface area contributed by atoms with Gasteiger partial charge in [-0.15, -0.1) is 0 Å². The molecular formula is HN13SV. The Hall–Kier alpha value is -1.80. The van der Waals surface area contributed by atoms with Gasteiger partial charge in [-0.2, -0.15) is 5.53 Å². The van der Waals surface area contributed by atoms with Crippen molar-refractivity contribution in [2.45, 2.75) is 0 Å². The Kier molecular flexibility index (Phi) is 10.7. The van der Waals surface area contributed by atoms with Gasteiger partial charge in [-0.3, -0.25) is 0 Å². The third kappa shape index (κ3) is 12.2. The summed E-state index contributed by atoms with van der Waals surface area (Å²) in [5, 5.41) is 32.4. The van der Waals surface area contributed by atoms with Gasteiger partial charge in [-0.05, 0) is 5.22 Å². The van der Waals surface area contributed by atoms with Crippen LogP contribution in [0.5, 0.6) is 0 Å². The molecule has 0 spiro atoms. The minimum atomic E-state index is 1.05. The van der Waals surface area contributed by atoms with Crippen LogP contribution in [0, 0.1) is 5.53 Å². The van der Waals surface area contributed by atoms with Crippen molar-refractivity contribution < 1.29 is 15.7 Å². The molecule has 0 saturated heterocycles. The molecule has 13 nitrogen and oxygen atoms in total. The second-order valence-corrected chi connectivity index (χ2v) is 2.25. The second-order valence-electron chi connectivity index (χ2n) is 1.16. The molecule has 0 aliphatic carbocycles. The SMILES string of the molecule is N=N/N=N/N=N/N=N/N=N/N=N/N=[S]=[V]. The fourth-order valence-corrected chi connectivity index (χ4v) is 0.414. The first-order valence-electron chi connectivity index (χ1n) is 2.79. The number of nitrogens with zero attached hydrogens (tertiary/aromatic N) is 12. The van der Waals surface area contributed by atoms with Crippen molar-refractivity contribution in [1.29, 1.82) is 5.53 Å². The molecule has 77 valence electrons. The van der Waals surface area contributed by atoms with Gasteiger partial charge in [-0.1, -0.05) is 0 Å². The number of hydrogen-bond donors (Lipinski definition) is 1. The Bertz CT molecular complexity index is 351. The molecule has 0 rings (SSSR count). The van der Waals surface area contributed by atoms with E-state index in [4.69, 9.17) is 5.53 Å². The van der Waals surface area contributed by atoms with Crippen LogP contribution in [-0.2, 0) is 24.9 Å². The van der Waals surface area contributed by atoms with Crippen molar-refractivity contribution in [2.75, 3.05) is 0 Å². The van der Waals surface area contributed by atoms with Crippen LogP contribution in [-0.4, -0.2) is 0 Å². The molecule has 0 aliphatic heterocycles. The zero-order valence-corrected chi connectivity index (χ0v) is 8.94. The van der Waals surface area contributed by atoms with E-state index < -0.39 is 0 Å². The number of hydrogen-bond acceptors (Lipinski definition) is 1. The fraction of sp³-hybridized carbons (Fsp3) is 0. The zero-order valence-electron chi connectivity index (χ0n) is 6.72. The molecule has 0 saturated carbocycles. The molecule has 0 bridgehead atoms. The molecular weight excluding hydrogens is 265 g/mol. The molecule has 0 aliphatic rings. The van der Waals surface area contributed by atoms with Crippen LogP contribution in [0.2, 0.25) is 0 Å². The van der Waals surface area contributed by atoms with Crippen LogP contribution in [0.25, 0.3) is 0 Å². The van der Waals surface area contributed by atoms with E-state index in [2.05, 4.69) is 77.7 Å². The van der Waals surface area contributed by atoms with E-state index >= 15 is 0 Å². The number of nitrogens with one attached hydrogen (secondary N) is 1. The maximum absolute atomic E-state index is 6.17. The van der Waals surface area contributed by atoms with E-state index in [-0.39, 0.29) is 0 Å². The van der Waals surface area contributed by atoms with Gasteiger partial charge in [0.2, 0.25) is 0 Å². The van der Waals surface area contributed by atoms with Gasteiger partial charge in [0, 0.05) is 0 Å². The molecule has 1 N–H and O–H groups in total. The molecule has 15 heteroatoms. The van der Waals surface area contributed by atoms with Gasteiger partial charge in [0.05, 0.1) is 0 Å². The fourth-order valence-electron chi connectivity index (χ4n) is 0.196. The van der Waals surface area contributed by atoms with Gasteiger partial charge in [-0.25, -0.2) is 0 Å². The normalized spacial score (nSPS) is 12.5. The summed E-state index contributed by atoms with van der Waals surface area (Å²) in [6.07, 6.45) is 0. The first kappa shape index (κ1) is 13.2. The molecule has 0 aromatic heterocycles. The van der Waals surface area contributed by atoms with Crippen molar-refractivity contribution in [2.24, 2.45) is 61.9 Å². The van der Waals surface area contributed by atoms with Crippen LogP contribution in [0.1, 0.15) is 0 Å². The zero-order chi connectivity index (χ0) is 11.2. The van der Waals surface area contributed by atoms with E-state index in [0.717, 1.165) is 9.21 Å². The first-order valence-corrected chi connectivity index (χ1v) is 5.23. The topological polar surface area (TPSA) is 172 Å². The summed E-state index contributed by atoms with van der Waals surface area (Å²) in [5.41, 5.74) is 6.17. The predicted octanol–water partition coefficient (Wildman–Crippen LogP) is 2.50. The van der Waals surface area contributed by atoms with Crippen molar-refractivity contribution in [3.05, 3.63) is 0 Å². The van der Waals surface area contributed by atoms with Crippen LogP contribution in [0.4, 0.5) is 0 Å². The molecule has 0 aromatic carbocycles. The molecule has 0 atom stereocenters. The maximum atomic E-state index is 6.17. The Morgan fingerprint density at radius 3 is 1.47 bits per heavy atom. The summed E-state index contributed by atoms with van der Waals surface area (Å²) < 4.78 is 3.36. The van der Waals surface area contributed by atoms with Gasteiger partial charge < -0.3 is 0 Å². The Balaban J connectivity index is 3.79. The molecule has 0 heterocycles. The standard InChI is InChI=1S/HN13S.V/c1-2-3-4-5-6-7-8-9-10-11-12-13-14;/h1H;/b2-1?,4-3+,6-5+,8-7+,10-9+,12-11+;. The monoisotopic (exact) mass is 266 g/mol. The Labute approximate surface area is 92.7 Å². The second kappa shape index (κ2) is 12.2. The minimum absolute atomic E-state index is 1.05. The predicted molar refractivity (Wildman–Crippen MR) is 39.2 cm³/mol. The Morgan fingerprint density at radius 1 is 0.667 bits per heavy atom. The summed E-state index contributed by atoms with van der Waals surface area (Å²) in [7, 11) is 1.05. The quantitative estimate of drug-likeness (QED) is 0.549. The van der Waals surface area contributed by atoms with Crippen molar-refractivity contribution in [3.8, 4) is 0 Å². The van der Waals surface area contributed by atoms with Gasteiger partial charge in [0.15, 0.2) is 0 Å². The van der Waals surface area contributed by atoms with Crippen molar-refractivity contribution in [1.82, 2.24) is 0 Å². The molecule has 0 amide bonds. The van der Waals surface area contributed by atoms with Gasteiger partial charge in [0.1, 0.15) is 0 Å². The average molecular weight is 266 g/mol. The summed E-state index contributed by atoms with van der Waals surface area (Å²) >= 11 is 2.10. The molecule has 0 aromatic rings. The third-order valence-corrected chi connectivity index (χ3v) is 0.966. The third-order valence-electron chi connectivity index (χ3n) is 0.478. The van der Waals surface area contributed by atoms with Crippen LogP contribution in [0.15, 0.2) is 61.9 Å².